The Labute approximate surface area is 644 Å². The molecule has 0 aliphatic carbocycles. The first-order valence-corrected chi connectivity index (χ1v) is 37.7. The van der Waals surface area contributed by atoms with Crippen LogP contribution in [0.2, 0.25) is 0 Å². The topological polar surface area (TPSA) is 685 Å². The third kappa shape index (κ3) is 32.0. The number of nitrogens with two attached hydrogens (primary N) is 6. The minimum absolute atomic E-state index is 0.0206. The van der Waals surface area contributed by atoms with Gasteiger partial charge in [-0.05, 0) is 140 Å². The summed E-state index contributed by atoms with van der Waals surface area (Å²) < 4.78 is 0. The second kappa shape index (κ2) is 47.9. The van der Waals surface area contributed by atoms with Crippen molar-refractivity contribution in [1.29, 1.82) is 0 Å². The third-order valence-corrected chi connectivity index (χ3v) is 18.8. The quantitative estimate of drug-likeness (QED) is 0.0153. The Morgan fingerprint density at radius 1 is 0.405 bits per heavy atom. The number of carbonyl (C=O) groups excluding carboxylic acids is 13. The van der Waals surface area contributed by atoms with Gasteiger partial charge in [0.25, 0.3) is 0 Å². The highest BCUT2D eigenvalue weighted by Crippen LogP contribution is 2.25. The number of rotatable bonds is 49. The largest absolute Gasteiger partial charge is 0.481 e. The van der Waals surface area contributed by atoms with Gasteiger partial charge in [0.15, 0.2) is 11.9 Å². The average molecular weight is 1580 g/mol. The van der Waals surface area contributed by atoms with Crippen molar-refractivity contribution in [2.75, 3.05) is 52.5 Å². The smallest absolute Gasteiger partial charge is 0.326 e. The van der Waals surface area contributed by atoms with Crippen LogP contribution >= 0.6 is 0 Å². The first kappa shape index (κ1) is 95.1. The summed E-state index contributed by atoms with van der Waals surface area (Å²) in [6, 6.07) is -19.5. The molecule has 0 aromatic rings. The number of carboxylic acids is 3. The second-order valence-corrected chi connectivity index (χ2v) is 29.1. The normalized spacial score (nSPS) is 18.4. The maximum atomic E-state index is 14.9. The second-order valence-electron chi connectivity index (χ2n) is 29.1. The molecular formula is C69H119N21O21. The molecule has 3 aliphatic heterocycles. The number of hydrogen-bond acceptors (Lipinski definition) is 22. The van der Waals surface area contributed by atoms with Crippen molar-refractivity contribution in [1.82, 2.24) is 67.9 Å². The van der Waals surface area contributed by atoms with Gasteiger partial charge in [-0.15, -0.1) is 0 Å². The summed E-state index contributed by atoms with van der Waals surface area (Å²) in [6.07, 6.45) is -0.406. The summed E-state index contributed by atoms with van der Waals surface area (Å²) in [5, 5.41) is 74.2. The van der Waals surface area contributed by atoms with Gasteiger partial charge >= 0.3 is 17.9 Å². The number of aliphatic hydroxyl groups excluding tert-OH is 2. The number of carbonyl (C=O) groups is 16. The zero-order chi connectivity index (χ0) is 83.5. The van der Waals surface area contributed by atoms with Gasteiger partial charge in [-0.25, -0.2) is 4.79 Å². The maximum absolute atomic E-state index is 14.9. The average Bonchev–Trinajstić information content (AvgIpc) is 1.71. The minimum atomic E-state index is -1.67. The van der Waals surface area contributed by atoms with Crippen LogP contribution in [-0.4, -0.2) is 284 Å². The molecule has 0 bridgehead atoms. The SMILES string of the molecule is CC(C)C[C@H](NC(=O)[C@@H]1CCCN1C(=O)[C@H](CO)NC(=O)[C@@H](NC(=O)[C@H](C)NC(=O)[C@@H]1CCCN1C(=O)[C@H](CCC(=O)O)NC(=O)[C@@H](N)CO)C(C)C)C(=O)N[C@@H](CC(C)C)C(=O)N1CCC[C@H]1C(=O)N[C@@H](CCCN=C(N)N)C(=O)N[C@@H](CCCCN)C(=O)N[C@@H](CCC(=O)O)C(=O)N[C@@H](CCCN=C(N)N)C(=O)O. The molecule has 3 aliphatic rings. The van der Waals surface area contributed by atoms with Crippen molar-refractivity contribution in [3.63, 3.8) is 0 Å². The number of nitrogens with one attached hydrogen (secondary N) is 10. The molecule has 626 valence electrons. The summed E-state index contributed by atoms with van der Waals surface area (Å²) >= 11 is 0. The molecule has 13 amide bonds. The van der Waals surface area contributed by atoms with Crippen molar-refractivity contribution >= 4 is 107 Å². The molecule has 42 nitrogen and oxygen atoms in total. The first-order valence-electron chi connectivity index (χ1n) is 37.7. The van der Waals surface area contributed by atoms with Crippen molar-refractivity contribution in [2.24, 2.45) is 62.1 Å². The van der Waals surface area contributed by atoms with Crippen molar-refractivity contribution in [3.05, 3.63) is 0 Å². The number of carboxylic acid groups (broad SMARTS) is 3. The molecule has 42 heteroatoms. The Bertz CT molecular complexity index is 3280. The molecule has 0 aromatic carbocycles. The van der Waals surface area contributed by atoms with Gasteiger partial charge in [-0.1, -0.05) is 41.5 Å². The Hall–Kier alpha value is -10.1. The minimum Gasteiger partial charge on any atom is -0.481 e. The molecule has 27 N–H and O–H groups in total. The van der Waals surface area contributed by atoms with E-state index in [0.29, 0.717) is 19.3 Å². The van der Waals surface area contributed by atoms with Gasteiger partial charge in [0.05, 0.1) is 13.2 Å². The predicted molar refractivity (Wildman–Crippen MR) is 399 cm³/mol. The Kier molecular flexibility index (Phi) is 41.0. The molecule has 3 saturated heterocycles. The lowest BCUT2D eigenvalue weighted by atomic mass is 9.99. The van der Waals surface area contributed by atoms with Crippen LogP contribution < -0.4 is 87.6 Å². The van der Waals surface area contributed by atoms with Crippen LogP contribution in [-0.2, 0) is 76.7 Å². The maximum Gasteiger partial charge on any atom is 0.326 e. The molecule has 0 unspecified atom stereocenters. The van der Waals surface area contributed by atoms with Gasteiger partial charge in [0, 0.05) is 45.6 Å². The number of guanidine groups is 2. The number of aliphatic carboxylic acids is 3. The molecule has 3 fully saturated rings. The first-order chi connectivity index (χ1) is 52.3. The van der Waals surface area contributed by atoms with Gasteiger partial charge in [-0.2, -0.15) is 0 Å². The van der Waals surface area contributed by atoms with Crippen molar-refractivity contribution in [2.45, 2.75) is 255 Å². The fraction of sp³-hybridized carbons (Fsp3) is 0.739. The van der Waals surface area contributed by atoms with Crippen LogP contribution in [0.1, 0.15) is 170 Å². The predicted octanol–water partition coefficient (Wildman–Crippen LogP) is -7.06. The van der Waals surface area contributed by atoms with E-state index in [4.69, 9.17) is 34.4 Å². The highest BCUT2D eigenvalue weighted by Gasteiger charge is 2.45. The van der Waals surface area contributed by atoms with Crippen LogP contribution in [0.25, 0.3) is 0 Å². The molecule has 0 aromatic heterocycles. The van der Waals surface area contributed by atoms with Gasteiger partial charge in [-0.3, -0.25) is 81.9 Å². The molecule has 3 rings (SSSR count). The lowest BCUT2D eigenvalue weighted by Crippen LogP contribution is -2.61. The Morgan fingerprint density at radius 3 is 1.21 bits per heavy atom. The van der Waals surface area contributed by atoms with E-state index < -0.39 is 218 Å². The van der Waals surface area contributed by atoms with E-state index in [-0.39, 0.29) is 146 Å². The molecular weight excluding hydrogens is 1460 g/mol. The number of aliphatic hydroxyl groups is 2. The standard InChI is InChI=1S/C69H119N21O21/c1-35(2)31-45(84-62(105)50-20-14-30-90(50)66(109)47(34-92)86-63(106)53(37(5)6)87-54(97)38(7)78-60(103)48-18-12-28-88(48)64(107)43(22-24-52(95)96)82-55(98)39(71)33-91)59(102)85-46(32-36(3)4)65(108)89-29-13-19-49(89)61(104)81-41(16-10-26-76-68(72)73)57(100)79-40(15-8-9-25-70)56(99)80-42(21-23-51(93)94)58(101)83-44(67(110)111)17-11-27-77-69(74)75/h35-50,53,91-92H,8-34,70-71H2,1-7H3,(H,78,103)(H,79,100)(H,80,99)(H,81,104)(H,82,98)(H,83,101)(H,84,105)(H,85,102)(H,86,106)(H,87,97)(H,93,94)(H,95,96)(H,110,111)(H4,72,73,76)(H4,74,75,77)/t38-,39-,40-,41-,42-,43-,44-,45-,46-,47-,48-,49-,50-,53-/m0/s1. The fourth-order valence-corrected chi connectivity index (χ4v) is 12.9. The monoisotopic (exact) mass is 1580 g/mol. The zero-order valence-electron chi connectivity index (χ0n) is 64.4. The number of nitrogens with zero attached hydrogens (tertiary/aromatic N) is 5. The van der Waals surface area contributed by atoms with E-state index >= 15 is 0 Å². The molecule has 111 heavy (non-hydrogen) atoms. The van der Waals surface area contributed by atoms with E-state index in [1.54, 1.807) is 41.5 Å². The number of amides is 13. The van der Waals surface area contributed by atoms with E-state index in [0.717, 1.165) is 9.80 Å². The molecule has 0 radical (unpaired) electrons. The summed E-state index contributed by atoms with van der Waals surface area (Å²) in [5.41, 5.74) is 33.2. The van der Waals surface area contributed by atoms with Gasteiger partial charge in [0.2, 0.25) is 76.8 Å². The molecule has 0 saturated carbocycles. The van der Waals surface area contributed by atoms with E-state index in [1.807, 2.05) is 0 Å². The molecule has 0 spiro atoms. The van der Waals surface area contributed by atoms with Gasteiger partial charge in [0.1, 0.15) is 84.6 Å². The zero-order valence-corrected chi connectivity index (χ0v) is 64.4. The van der Waals surface area contributed by atoms with Crippen LogP contribution in [0.15, 0.2) is 9.98 Å². The lowest BCUT2D eigenvalue weighted by Gasteiger charge is -2.32. The summed E-state index contributed by atoms with van der Waals surface area (Å²) in [5.74, 6) is -17.0. The van der Waals surface area contributed by atoms with Gasteiger partial charge < -0.3 is 128 Å². The van der Waals surface area contributed by atoms with Crippen molar-refractivity contribution in [3.8, 4) is 0 Å². The number of unbranched alkanes of at least 4 members (excludes halogenated alkanes) is 1. The van der Waals surface area contributed by atoms with E-state index in [9.17, 15) is 102 Å². The number of aliphatic imine (C=N–C) groups is 2. The lowest BCUT2D eigenvalue weighted by molar-refractivity contribution is -0.144. The van der Waals surface area contributed by atoms with Crippen LogP contribution in [0.5, 0.6) is 0 Å². The number of likely N-dealkylation sites (tertiary alicyclic amines) is 3. The highest BCUT2D eigenvalue weighted by molar-refractivity contribution is 6.01. The Morgan fingerprint density at radius 2 is 0.775 bits per heavy atom. The summed E-state index contributed by atoms with van der Waals surface area (Å²) in [4.78, 5) is 230. The number of hydrogen-bond donors (Lipinski definition) is 21. The van der Waals surface area contributed by atoms with Crippen LogP contribution in [0.4, 0.5) is 0 Å². The van der Waals surface area contributed by atoms with E-state index in [2.05, 4.69) is 63.2 Å². The van der Waals surface area contributed by atoms with Crippen LogP contribution in [0, 0.1) is 17.8 Å². The highest BCUT2D eigenvalue weighted by atomic mass is 16.4. The summed E-state index contributed by atoms with van der Waals surface area (Å²) in [7, 11) is 0. The summed E-state index contributed by atoms with van der Waals surface area (Å²) in [6.45, 7) is 10.0. The fourth-order valence-electron chi connectivity index (χ4n) is 12.9. The third-order valence-electron chi connectivity index (χ3n) is 18.8. The molecule has 14 atom stereocenters. The van der Waals surface area contributed by atoms with Crippen molar-refractivity contribution < 1.29 is 102 Å². The Balaban J connectivity index is 1.82. The van der Waals surface area contributed by atoms with Crippen LogP contribution in [0.3, 0.4) is 0 Å². The van der Waals surface area contributed by atoms with E-state index in [1.165, 1.54) is 11.8 Å². The molecule has 3 heterocycles.